The molecule has 2 rings (SSSR count). The van der Waals surface area contributed by atoms with Gasteiger partial charge >= 0.3 is 0 Å². The van der Waals surface area contributed by atoms with E-state index in [-0.39, 0.29) is 0 Å². The van der Waals surface area contributed by atoms with Gasteiger partial charge in [-0.15, -0.1) is 0 Å². The molecule has 3 heteroatoms. The minimum absolute atomic E-state index is 0.410. The molecule has 1 heterocycles. The molecular formula is C23H35NO2. The number of benzene rings is 1. The van der Waals surface area contributed by atoms with E-state index < -0.39 is 5.60 Å². The van der Waals surface area contributed by atoms with E-state index in [2.05, 4.69) is 63.8 Å². The Kier molecular flexibility index (Phi) is 7.48. The molecule has 0 fully saturated rings. The Morgan fingerprint density at radius 1 is 1.00 bits per heavy atom. The molecule has 26 heavy (non-hydrogen) atoms. The molecule has 0 saturated carbocycles. The third-order valence-electron chi connectivity index (χ3n) is 5.17. The normalized spacial score (nSPS) is 12.3. The second kappa shape index (κ2) is 9.38. The van der Waals surface area contributed by atoms with Crippen molar-refractivity contribution in [2.24, 2.45) is 0 Å². The molecule has 1 aromatic heterocycles. The van der Waals surface area contributed by atoms with E-state index in [1.54, 1.807) is 0 Å². The van der Waals surface area contributed by atoms with Gasteiger partial charge in [-0.1, -0.05) is 51.0 Å². The van der Waals surface area contributed by atoms with E-state index in [9.17, 15) is 5.11 Å². The van der Waals surface area contributed by atoms with Crippen LogP contribution in [0.1, 0.15) is 76.0 Å². The van der Waals surface area contributed by atoms with Crippen molar-refractivity contribution in [2.75, 3.05) is 0 Å². The maximum atomic E-state index is 11.0. The molecule has 0 radical (unpaired) electrons. The van der Waals surface area contributed by atoms with Gasteiger partial charge in [-0.3, -0.25) is 4.90 Å². The van der Waals surface area contributed by atoms with Crippen molar-refractivity contribution in [3.63, 3.8) is 0 Å². The Labute approximate surface area is 159 Å². The van der Waals surface area contributed by atoms with Gasteiger partial charge in [0, 0.05) is 12.6 Å². The van der Waals surface area contributed by atoms with E-state index in [0.717, 1.165) is 50.3 Å². The van der Waals surface area contributed by atoms with Gasteiger partial charge in [-0.25, -0.2) is 0 Å². The summed E-state index contributed by atoms with van der Waals surface area (Å²) in [6.45, 7) is 12.4. The van der Waals surface area contributed by atoms with Crippen molar-refractivity contribution < 1.29 is 9.52 Å². The summed E-state index contributed by atoms with van der Waals surface area (Å²) < 4.78 is 6.11. The van der Waals surface area contributed by atoms with Crippen molar-refractivity contribution in [3.8, 4) is 0 Å². The zero-order chi connectivity index (χ0) is 19.2. The third kappa shape index (κ3) is 5.21. The van der Waals surface area contributed by atoms with Crippen LogP contribution in [0.3, 0.4) is 0 Å². The van der Waals surface area contributed by atoms with Gasteiger partial charge in [0.25, 0.3) is 0 Å². The van der Waals surface area contributed by atoms with Crippen molar-refractivity contribution in [2.45, 2.75) is 85.0 Å². The van der Waals surface area contributed by atoms with Crippen molar-refractivity contribution in [1.29, 1.82) is 0 Å². The average Bonchev–Trinajstić information content (AvgIpc) is 3.06. The minimum Gasteiger partial charge on any atom is -0.462 e. The molecule has 0 unspecified atom stereocenters. The number of hydrogen-bond acceptors (Lipinski definition) is 3. The minimum atomic E-state index is -0.833. The second-order valence-corrected chi connectivity index (χ2v) is 7.72. The Balaban J connectivity index is 2.15. The summed E-state index contributed by atoms with van der Waals surface area (Å²) in [5.74, 6) is 1.64. The zero-order valence-electron chi connectivity index (χ0n) is 17.1. The molecule has 0 spiro atoms. The van der Waals surface area contributed by atoms with Gasteiger partial charge in [-0.2, -0.15) is 0 Å². The molecule has 144 valence electrons. The predicted octanol–water partition coefficient (Wildman–Crippen LogP) is 5.79. The monoisotopic (exact) mass is 357 g/mol. The molecular weight excluding hydrogens is 322 g/mol. The molecule has 0 bridgehead atoms. The predicted molar refractivity (Wildman–Crippen MR) is 108 cm³/mol. The van der Waals surface area contributed by atoms with Crippen LogP contribution in [0.25, 0.3) is 0 Å². The van der Waals surface area contributed by atoms with Gasteiger partial charge in [0.1, 0.15) is 17.1 Å². The summed E-state index contributed by atoms with van der Waals surface area (Å²) in [6, 6.07) is 12.9. The lowest BCUT2D eigenvalue weighted by atomic mass is 9.90. The molecule has 2 aromatic rings. The first-order valence-electron chi connectivity index (χ1n) is 9.99. The van der Waals surface area contributed by atoms with Gasteiger partial charge in [-0.05, 0) is 56.9 Å². The maximum absolute atomic E-state index is 11.0. The number of furan rings is 1. The fourth-order valence-electron chi connectivity index (χ4n) is 3.54. The third-order valence-corrected chi connectivity index (χ3v) is 5.17. The Morgan fingerprint density at radius 3 is 2.23 bits per heavy atom. The topological polar surface area (TPSA) is 36.6 Å². The number of aryl methyl sites for hydroxylation is 1. The zero-order valence-corrected chi connectivity index (χ0v) is 17.1. The fraction of sp³-hybridized carbons (Fsp3) is 0.565. The molecule has 0 amide bonds. The van der Waals surface area contributed by atoms with Crippen LogP contribution >= 0.6 is 0 Å². The first-order chi connectivity index (χ1) is 12.4. The Morgan fingerprint density at radius 2 is 1.65 bits per heavy atom. The number of nitrogens with zero attached hydrogens (tertiary/aromatic N) is 1. The highest BCUT2D eigenvalue weighted by Crippen LogP contribution is 2.33. The fourth-order valence-corrected chi connectivity index (χ4v) is 3.54. The Hall–Kier alpha value is -1.58. The van der Waals surface area contributed by atoms with Crippen LogP contribution in [-0.2, 0) is 18.7 Å². The van der Waals surface area contributed by atoms with Crippen LogP contribution in [0.2, 0.25) is 0 Å². The summed E-state index contributed by atoms with van der Waals surface area (Å²) in [6.07, 6.45) is 3.37. The smallest absolute Gasteiger partial charge is 0.135 e. The van der Waals surface area contributed by atoms with Crippen molar-refractivity contribution in [1.82, 2.24) is 4.90 Å². The van der Waals surface area contributed by atoms with Crippen LogP contribution in [0.5, 0.6) is 0 Å². The highest BCUT2D eigenvalue weighted by molar-refractivity contribution is 5.25. The van der Waals surface area contributed by atoms with Crippen LogP contribution in [0.4, 0.5) is 0 Å². The summed E-state index contributed by atoms with van der Waals surface area (Å²) >= 11 is 0. The molecule has 1 aromatic carbocycles. The van der Waals surface area contributed by atoms with E-state index in [1.807, 2.05) is 12.1 Å². The van der Waals surface area contributed by atoms with Gasteiger partial charge in [0.15, 0.2) is 0 Å². The SMILES string of the molecule is CCCC(O)(CCC)c1ccc(CN(Cc2ccccc2C)C(C)C)o1. The van der Waals surface area contributed by atoms with Gasteiger partial charge in [0.05, 0.1) is 6.54 Å². The number of hydrogen-bond donors (Lipinski definition) is 1. The van der Waals surface area contributed by atoms with Gasteiger partial charge in [0.2, 0.25) is 0 Å². The van der Waals surface area contributed by atoms with E-state index in [0.29, 0.717) is 6.04 Å². The van der Waals surface area contributed by atoms with E-state index in [1.165, 1.54) is 11.1 Å². The van der Waals surface area contributed by atoms with Crippen LogP contribution in [0, 0.1) is 6.92 Å². The summed E-state index contributed by atoms with van der Waals surface area (Å²) in [4.78, 5) is 2.41. The van der Waals surface area contributed by atoms with Crippen LogP contribution in [-0.4, -0.2) is 16.0 Å². The van der Waals surface area contributed by atoms with Crippen LogP contribution in [0.15, 0.2) is 40.8 Å². The molecule has 1 N–H and O–H groups in total. The lowest BCUT2D eigenvalue weighted by Crippen LogP contribution is -2.30. The summed E-state index contributed by atoms with van der Waals surface area (Å²) in [5.41, 5.74) is 1.83. The average molecular weight is 358 g/mol. The summed E-state index contributed by atoms with van der Waals surface area (Å²) in [7, 11) is 0. The molecule has 0 aliphatic rings. The second-order valence-electron chi connectivity index (χ2n) is 7.72. The van der Waals surface area contributed by atoms with Crippen LogP contribution < -0.4 is 0 Å². The first-order valence-corrected chi connectivity index (χ1v) is 9.99. The molecule has 0 aliphatic carbocycles. The quantitative estimate of drug-likeness (QED) is 0.585. The number of rotatable bonds is 10. The molecule has 0 aliphatic heterocycles. The summed E-state index contributed by atoms with van der Waals surface area (Å²) in [5, 5.41) is 11.0. The highest BCUT2D eigenvalue weighted by Gasteiger charge is 2.31. The van der Waals surface area contributed by atoms with Gasteiger partial charge < -0.3 is 9.52 Å². The van der Waals surface area contributed by atoms with E-state index in [4.69, 9.17) is 4.42 Å². The lowest BCUT2D eigenvalue weighted by Gasteiger charge is -2.27. The lowest BCUT2D eigenvalue weighted by molar-refractivity contribution is -0.00538. The van der Waals surface area contributed by atoms with Crippen molar-refractivity contribution in [3.05, 3.63) is 59.0 Å². The largest absolute Gasteiger partial charge is 0.462 e. The van der Waals surface area contributed by atoms with Crippen molar-refractivity contribution >= 4 is 0 Å². The highest BCUT2D eigenvalue weighted by atomic mass is 16.4. The first kappa shape index (κ1) is 20.7. The Bertz CT molecular complexity index is 668. The standard InChI is InChI=1S/C23H35NO2/c1-6-14-23(25,15-7-2)22-13-12-21(26-22)17-24(18(3)4)16-20-11-9-8-10-19(20)5/h8-13,18,25H,6-7,14-17H2,1-5H3. The maximum Gasteiger partial charge on any atom is 0.135 e. The molecule has 0 atom stereocenters. The van der Waals surface area contributed by atoms with E-state index >= 15 is 0 Å². The molecule has 3 nitrogen and oxygen atoms in total. The molecule has 0 saturated heterocycles. The number of aliphatic hydroxyl groups is 1.